The number of urea groups is 1. The van der Waals surface area contributed by atoms with Gasteiger partial charge in [-0.3, -0.25) is 25.0 Å². The van der Waals surface area contributed by atoms with E-state index in [1.807, 2.05) is 13.8 Å². The molecule has 0 aliphatic carbocycles. The minimum Gasteiger partial charge on any atom is -0.456 e. The minimum atomic E-state index is -0.875. The van der Waals surface area contributed by atoms with E-state index in [1.54, 1.807) is 18.2 Å². The van der Waals surface area contributed by atoms with E-state index in [9.17, 15) is 24.5 Å². The van der Waals surface area contributed by atoms with Crippen LogP contribution < -0.4 is 10.2 Å². The summed E-state index contributed by atoms with van der Waals surface area (Å²) in [7, 11) is 0. The first kappa shape index (κ1) is 22.0. The number of nitro groups is 1. The number of furan rings is 1. The highest BCUT2D eigenvalue weighted by atomic mass is 35.5. The highest BCUT2D eigenvalue weighted by Crippen LogP contribution is 2.34. The molecule has 1 aliphatic rings. The number of barbiturate groups is 1. The van der Waals surface area contributed by atoms with Crippen LogP contribution in [-0.2, 0) is 9.59 Å². The number of anilines is 1. The van der Waals surface area contributed by atoms with Gasteiger partial charge in [-0.25, -0.2) is 9.69 Å². The third-order valence-corrected chi connectivity index (χ3v) is 5.42. The van der Waals surface area contributed by atoms with Crippen LogP contribution in [0.1, 0.15) is 16.9 Å². The number of carbonyl (C=O) groups excluding carboxylic acids is 3. The Morgan fingerprint density at radius 1 is 1.03 bits per heavy atom. The molecule has 10 heteroatoms. The third-order valence-electron chi connectivity index (χ3n) is 5.19. The number of nitrogens with one attached hydrogen (secondary N) is 1. The van der Waals surface area contributed by atoms with Gasteiger partial charge in [0, 0.05) is 11.1 Å². The molecule has 1 aliphatic heterocycles. The quantitative estimate of drug-likeness (QED) is 0.256. The predicted octanol–water partition coefficient (Wildman–Crippen LogP) is 4.79. The number of imide groups is 2. The molecule has 0 atom stereocenters. The van der Waals surface area contributed by atoms with Gasteiger partial charge < -0.3 is 4.42 Å². The molecule has 3 aromatic rings. The van der Waals surface area contributed by atoms with Crippen molar-refractivity contribution in [1.29, 1.82) is 0 Å². The van der Waals surface area contributed by atoms with Gasteiger partial charge in [-0.2, -0.15) is 0 Å². The molecule has 0 radical (unpaired) electrons. The summed E-state index contributed by atoms with van der Waals surface area (Å²) in [5.41, 5.74) is 1.77. The number of rotatable bonds is 4. The Kier molecular flexibility index (Phi) is 5.57. The first-order valence-electron chi connectivity index (χ1n) is 9.68. The largest absolute Gasteiger partial charge is 0.456 e. The maximum Gasteiger partial charge on any atom is 0.335 e. The number of aryl methyl sites for hydroxylation is 2. The van der Waals surface area contributed by atoms with Crippen LogP contribution in [0.15, 0.2) is 58.5 Å². The Balaban J connectivity index is 1.71. The third kappa shape index (κ3) is 4.13. The van der Waals surface area contributed by atoms with Crippen molar-refractivity contribution in [2.45, 2.75) is 13.8 Å². The van der Waals surface area contributed by atoms with Crippen molar-refractivity contribution >= 4 is 46.9 Å². The van der Waals surface area contributed by atoms with Crippen molar-refractivity contribution in [2.24, 2.45) is 0 Å². The number of hydrogen-bond donors (Lipinski definition) is 1. The smallest absolute Gasteiger partial charge is 0.335 e. The lowest BCUT2D eigenvalue weighted by Gasteiger charge is -2.26. The topological polar surface area (TPSA) is 123 Å². The Morgan fingerprint density at radius 2 is 1.79 bits per heavy atom. The van der Waals surface area contributed by atoms with Gasteiger partial charge in [-0.05, 0) is 67.4 Å². The van der Waals surface area contributed by atoms with Crippen LogP contribution >= 0.6 is 11.6 Å². The zero-order chi connectivity index (χ0) is 23.9. The fraction of sp³-hybridized carbons (Fsp3) is 0.0870. The second-order valence-electron chi connectivity index (χ2n) is 7.35. The molecule has 1 fully saturated rings. The maximum absolute atomic E-state index is 13.0. The normalized spacial score (nSPS) is 15.2. The van der Waals surface area contributed by atoms with E-state index in [-0.39, 0.29) is 33.4 Å². The van der Waals surface area contributed by atoms with E-state index < -0.39 is 22.8 Å². The van der Waals surface area contributed by atoms with Gasteiger partial charge in [0.1, 0.15) is 17.1 Å². The van der Waals surface area contributed by atoms with Crippen molar-refractivity contribution in [3.05, 3.63) is 86.1 Å². The average Bonchev–Trinajstić information content (AvgIpc) is 3.22. The molecule has 4 amide bonds. The minimum absolute atomic E-state index is 0.0992. The number of carbonyl (C=O) groups is 3. The highest BCUT2D eigenvalue weighted by Gasteiger charge is 2.37. The lowest BCUT2D eigenvalue weighted by Crippen LogP contribution is -2.54. The lowest BCUT2D eigenvalue weighted by molar-refractivity contribution is -0.384. The van der Waals surface area contributed by atoms with E-state index in [0.717, 1.165) is 16.0 Å². The number of hydrogen-bond acceptors (Lipinski definition) is 6. The SMILES string of the molecule is Cc1ccc(N2C(=O)NC(=O)C(=Cc3ccc(-c4ccc(Cl)cc4[N+](=O)[O-])o3)C2=O)cc1C. The zero-order valence-corrected chi connectivity index (χ0v) is 18.2. The highest BCUT2D eigenvalue weighted by molar-refractivity contribution is 6.39. The van der Waals surface area contributed by atoms with E-state index in [0.29, 0.717) is 5.69 Å². The van der Waals surface area contributed by atoms with Gasteiger partial charge in [0.25, 0.3) is 17.5 Å². The summed E-state index contributed by atoms with van der Waals surface area (Å²) >= 11 is 5.85. The summed E-state index contributed by atoms with van der Waals surface area (Å²) in [5.74, 6) is -1.44. The first-order chi connectivity index (χ1) is 15.7. The molecular formula is C23H16ClN3O6. The molecule has 33 heavy (non-hydrogen) atoms. The summed E-state index contributed by atoms with van der Waals surface area (Å²) in [5, 5.41) is 13.7. The molecule has 2 aromatic carbocycles. The van der Waals surface area contributed by atoms with Crippen LogP contribution in [0.3, 0.4) is 0 Å². The number of halogens is 1. The van der Waals surface area contributed by atoms with E-state index >= 15 is 0 Å². The number of nitro benzene ring substituents is 1. The van der Waals surface area contributed by atoms with Crippen LogP contribution in [0, 0.1) is 24.0 Å². The van der Waals surface area contributed by atoms with Gasteiger partial charge in [0.05, 0.1) is 16.2 Å². The van der Waals surface area contributed by atoms with Crippen molar-refractivity contribution < 1.29 is 23.7 Å². The first-order valence-corrected chi connectivity index (χ1v) is 10.1. The molecule has 0 spiro atoms. The predicted molar refractivity (Wildman–Crippen MR) is 121 cm³/mol. The van der Waals surface area contributed by atoms with Gasteiger partial charge >= 0.3 is 6.03 Å². The Morgan fingerprint density at radius 3 is 2.48 bits per heavy atom. The molecule has 0 bridgehead atoms. The maximum atomic E-state index is 13.0. The van der Waals surface area contributed by atoms with Gasteiger partial charge in [-0.1, -0.05) is 17.7 Å². The van der Waals surface area contributed by atoms with Gasteiger partial charge in [-0.15, -0.1) is 0 Å². The second kappa shape index (κ2) is 8.36. The van der Waals surface area contributed by atoms with Gasteiger partial charge in [0.2, 0.25) is 0 Å². The number of nitrogens with zero attached hydrogens (tertiary/aromatic N) is 2. The summed E-state index contributed by atoms with van der Waals surface area (Å²) in [6.45, 7) is 3.74. The molecule has 4 rings (SSSR count). The van der Waals surface area contributed by atoms with Gasteiger partial charge in [0.15, 0.2) is 0 Å². The summed E-state index contributed by atoms with van der Waals surface area (Å²) in [6.07, 6.45) is 1.18. The Labute approximate surface area is 192 Å². The van der Waals surface area contributed by atoms with Crippen LogP contribution in [0.4, 0.5) is 16.2 Å². The molecule has 1 N–H and O–H groups in total. The van der Waals surface area contributed by atoms with Crippen LogP contribution in [0.25, 0.3) is 17.4 Å². The monoisotopic (exact) mass is 465 g/mol. The summed E-state index contributed by atoms with van der Waals surface area (Å²) < 4.78 is 5.64. The molecule has 1 aromatic heterocycles. The molecule has 166 valence electrons. The summed E-state index contributed by atoms with van der Waals surface area (Å²) in [4.78, 5) is 49.4. The van der Waals surface area contributed by atoms with Crippen molar-refractivity contribution in [2.75, 3.05) is 4.90 Å². The molecule has 0 unspecified atom stereocenters. The molecule has 9 nitrogen and oxygen atoms in total. The standard InChI is InChI=1S/C23H16ClN3O6/c1-12-3-5-15(9-13(12)2)26-22(29)18(21(28)25-23(26)30)11-16-6-8-20(33-16)17-7-4-14(24)10-19(17)27(31)32/h3-11H,1-2H3,(H,25,28,30). The van der Waals surface area contributed by atoms with Crippen molar-refractivity contribution in [3.8, 4) is 11.3 Å². The molecule has 2 heterocycles. The van der Waals surface area contributed by atoms with Crippen molar-refractivity contribution in [1.82, 2.24) is 5.32 Å². The fourth-order valence-corrected chi connectivity index (χ4v) is 3.50. The fourth-order valence-electron chi connectivity index (χ4n) is 3.34. The van der Waals surface area contributed by atoms with Crippen molar-refractivity contribution in [3.63, 3.8) is 0 Å². The zero-order valence-electron chi connectivity index (χ0n) is 17.4. The van der Waals surface area contributed by atoms with Crippen LogP contribution in [-0.4, -0.2) is 22.8 Å². The average molecular weight is 466 g/mol. The number of amides is 4. The number of benzene rings is 2. The second-order valence-corrected chi connectivity index (χ2v) is 7.78. The van der Waals surface area contributed by atoms with E-state index in [2.05, 4.69) is 5.32 Å². The van der Waals surface area contributed by atoms with E-state index in [4.69, 9.17) is 16.0 Å². The summed E-state index contributed by atoms with van der Waals surface area (Å²) in [6, 6.07) is 11.2. The Hall–Kier alpha value is -4.24. The Bertz CT molecular complexity index is 1370. The van der Waals surface area contributed by atoms with E-state index in [1.165, 1.54) is 36.4 Å². The molecular weight excluding hydrogens is 450 g/mol. The molecule has 1 saturated heterocycles. The molecule has 0 saturated carbocycles. The lowest BCUT2D eigenvalue weighted by atomic mass is 10.1. The van der Waals surface area contributed by atoms with Crippen LogP contribution in [0.2, 0.25) is 5.02 Å². The van der Waals surface area contributed by atoms with Crippen LogP contribution in [0.5, 0.6) is 0 Å².